The van der Waals surface area contributed by atoms with Gasteiger partial charge in [-0.05, 0) is 0 Å². The van der Waals surface area contributed by atoms with Crippen LogP contribution in [0.1, 0.15) is 0 Å². The van der Waals surface area contributed by atoms with Gasteiger partial charge in [-0.2, -0.15) is 0 Å². The normalized spacial score (nSPS) is 20.6. The zero-order valence-electron chi connectivity index (χ0n) is 5.27. The van der Waals surface area contributed by atoms with Crippen molar-refractivity contribution >= 4 is 7.82 Å². The SMILES string of the molecule is O=P(O)(O)OCC1COC1. The van der Waals surface area contributed by atoms with Crippen molar-refractivity contribution in [3.8, 4) is 0 Å². The molecule has 1 aliphatic rings. The molecule has 6 heteroatoms. The van der Waals surface area contributed by atoms with Crippen molar-refractivity contribution in [3.05, 3.63) is 0 Å². The van der Waals surface area contributed by atoms with Crippen LogP contribution < -0.4 is 0 Å². The molecule has 60 valence electrons. The number of hydrogen-bond donors (Lipinski definition) is 2. The topological polar surface area (TPSA) is 76.0 Å². The Morgan fingerprint density at radius 3 is 2.50 bits per heavy atom. The predicted octanol–water partition coefficient (Wildman–Crippen LogP) is -0.258. The van der Waals surface area contributed by atoms with Crippen LogP contribution in [0, 0.1) is 5.92 Å². The highest BCUT2D eigenvalue weighted by atomic mass is 31.2. The molecule has 0 saturated carbocycles. The van der Waals surface area contributed by atoms with Gasteiger partial charge in [0, 0.05) is 5.92 Å². The van der Waals surface area contributed by atoms with E-state index >= 15 is 0 Å². The lowest BCUT2D eigenvalue weighted by molar-refractivity contribution is -0.0543. The van der Waals surface area contributed by atoms with Gasteiger partial charge < -0.3 is 14.5 Å². The number of rotatable bonds is 3. The number of phosphoric acid groups is 1. The van der Waals surface area contributed by atoms with Crippen molar-refractivity contribution < 1.29 is 23.6 Å². The van der Waals surface area contributed by atoms with Gasteiger partial charge >= 0.3 is 7.82 Å². The van der Waals surface area contributed by atoms with Gasteiger partial charge in [-0.3, -0.25) is 4.52 Å². The standard InChI is InChI=1S/C4H9O5P/c5-10(6,7)9-3-4-1-8-2-4/h4H,1-3H2,(H2,5,6,7). The summed E-state index contributed by atoms with van der Waals surface area (Å²) in [4.78, 5) is 16.5. The summed E-state index contributed by atoms with van der Waals surface area (Å²) in [6.07, 6.45) is 0. The molecule has 0 aromatic heterocycles. The van der Waals surface area contributed by atoms with E-state index in [0.29, 0.717) is 13.2 Å². The summed E-state index contributed by atoms with van der Waals surface area (Å²) in [5.41, 5.74) is 0. The van der Waals surface area contributed by atoms with Crippen LogP contribution in [-0.2, 0) is 13.8 Å². The Kier molecular flexibility index (Phi) is 2.44. The van der Waals surface area contributed by atoms with E-state index < -0.39 is 7.82 Å². The maximum absolute atomic E-state index is 10.1. The first kappa shape index (κ1) is 8.17. The molecule has 0 unspecified atom stereocenters. The van der Waals surface area contributed by atoms with Crippen molar-refractivity contribution in [2.24, 2.45) is 5.92 Å². The molecule has 5 nitrogen and oxygen atoms in total. The van der Waals surface area contributed by atoms with Crippen molar-refractivity contribution in [2.45, 2.75) is 0 Å². The first-order valence-corrected chi connectivity index (χ1v) is 4.39. The fourth-order valence-electron chi connectivity index (χ4n) is 0.583. The van der Waals surface area contributed by atoms with Crippen LogP contribution in [0.2, 0.25) is 0 Å². The Morgan fingerprint density at radius 1 is 1.60 bits per heavy atom. The molecule has 0 aliphatic carbocycles. The zero-order valence-corrected chi connectivity index (χ0v) is 6.16. The third-order valence-electron chi connectivity index (χ3n) is 1.19. The van der Waals surface area contributed by atoms with E-state index in [2.05, 4.69) is 4.52 Å². The van der Waals surface area contributed by atoms with Gasteiger partial charge in [0.2, 0.25) is 0 Å². The molecular formula is C4H9O5P. The third-order valence-corrected chi connectivity index (χ3v) is 1.67. The average Bonchev–Trinajstić information content (AvgIpc) is 1.56. The van der Waals surface area contributed by atoms with Gasteiger partial charge in [-0.1, -0.05) is 0 Å². The molecule has 0 bridgehead atoms. The molecule has 0 aromatic carbocycles. The minimum atomic E-state index is -4.25. The minimum Gasteiger partial charge on any atom is -0.381 e. The van der Waals surface area contributed by atoms with E-state index in [1.165, 1.54) is 0 Å². The van der Waals surface area contributed by atoms with Crippen molar-refractivity contribution in [1.82, 2.24) is 0 Å². The Morgan fingerprint density at radius 2 is 2.20 bits per heavy atom. The number of ether oxygens (including phenoxy) is 1. The van der Waals surface area contributed by atoms with E-state index in [1.54, 1.807) is 0 Å². The molecule has 0 amide bonds. The highest BCUT2D eigenvalue weighted by molar-refractivity contribution is 7.46. The van der Waals surface area contributed by atoms with Crippen molar-refractivity contribution in [2.75, 3.05) is 19.8 Å². The van der Waals surface area contributed by atoms with Crippen LogP contribution in [0.5, 0.6) is 0 Å². The first-order chi connectivity index (χ1) is 4.58. The quantitative estimate of drug-likeness (QED) is 0.568. The van der Waals surface area contributed by atoms with Crippen LogP contribution in [0.4, 0.5) is 0 Å². The lowest BCUT2D eigenvalue weighted by Crippen LogP contribution is -2.31. The monoisotopic (exact) mass is 168 g/mol. The third kappa shape index (κ3) is 2.77. The number of hydrogen-bond acceptors (Lipinski definition) is 3. The molecule has 1 fully saturated rings. The van der Waals surface area contributed by atoms with E-state index in [4.69, 9.17) is 14.5 Å². The molecule has 0 radical (unpaired) electrons. The fourth-order valence-corrected chi connectivity index (χ4v) is 0.988. The van der Waals surface area contributed by atoms with Crippen LogP contribution >= 0.6 is 7.82 Å². The van der Waals surface area contributed by atoms with Gasteiger partial charge in [0.25, 0.3) is 0 Å². The Bertz CT molecular complexity index is 148. The molecule has 0 atom stereocenters. The van der Waals surface area contributed by atoms with Crippen LogP contribution in [-0.4, -0.2) is 29.6 Å². The van der Waals surface area contributed by atoms with Gasteiger partial charge in [0.15, 0.2) is 0 Å². The largest absolute Gasteiger partial charge is 0.469 e. The lowest BCUT2D eigenvalue weighted by atomic mass is 10.1. The molecule has 0 spiro atoms. The van der Waals surface area contributed by atoms with Gasteiger partial charge in [0.05, 0.1) is 19.8 Å². The molecule has 1 saturated heterocycles. The van der Waals surface area contributed by atoms with E-state index in [0.717, 1.165) is 0 Å². The van der Waals surface area contributed by atoms with Gasteiger partial charge in [0.1, 0.15) is 0 Å². The van der Waals surface area contributed by atoms with Crippen molar-refractivity contribution in [3.63, 3.8) is 0 Å². The molecule has 1 aliphatic heterocycles. The minimum absolute atomic E-state index is 0.0876. The second-order valence-corrected chi connectivity index (χ2v) is 3.43. The molecule has 0 aromatic rings. The van der Waals surface area contributed by atoms with E-state index in [1.807, 2.05) is 0 Å². The van der Waals surface area contributed by atoms with Crippen molar-refractivity contribution in [1.29, 1.82) is 0 Å². The van der Waals surface area contributed by atoms with Crippen LogP contribution in [0.3, 0.4) is 0 Å². The summed E-state index contributed by atoms with van der Waals surface area (Å²) in [5, 5.41) is 0. The Labute approximate surface area is 58.2 Å². The smallest absolute Gasteiger partial charge is 0.381 e. The second-order valence-electron chi connectivity index (χ2n) is 2.19. The summed E-state index contributed by atoms with van der Waals surface area (Å²) in [6.45, 7) is 1.17. The Balaban J connectivity index is 2.10. The highest BCUT2D eigenvalue weighted by Crippen LogP contribution is 2.36. The fraction of sp³-hybridized carbons (Fsp3) is 1.00. The molecule has 1 rings (SSSR count). The highest BCUT2D eigenvalue weighted by Gasteiger charge is 2.23. The number of phosphoric ester groups is 1. The maximum Gasteiger partial charge on any atom is 0.469 e. The van der Waals surface area contributed by atoms with E-state index in [-0.39, 0.29) is 12.5 Å². The summed E-state index contributed by atoms with van der Waals surface area (Å²) in [6, 6.07) is 0. The molecular weight excluding hydrogens is 159 g/mol. The van der Waals surface area contributed by atoms with E-state index in [9.17, 15) is 4.57 Å². The summed E-state index contributed by atoms with van der Waals surface area (Å²) in [5.74, 6) is 0.160. The summed E-state index contributed by atoms with van der Waals surface area (Å²) >= 11 is 0. The van der Waals surface area contributed by atoms with Crippen LogP contribution in [0.15, 0.2) is 0 Å². The predicted molar refractivity (Wildman–Crippen MR) is 32.3 cm³/mol. The summed E-state index contributed by atoms with van der Waals surface area (Å²) in [7, 11) is -4.25. The van der Waals surface area contributed by atoms with Gasteiger partial charge in [-0.15, -0.1) is 0 Å². The average molecular weight is 168 g/mol. The zero-order chi connectivity index (χ0) is 7.61. The van der Waals surface area contributed by atoms with Gasteiger partial charge in [-0.25, -0.2) is 4.57 Å². The van der Waals surface area contributed by atoms with Crippen LogP contribution in [0.25, 0.3) is 0 Å². The lowest BCUT2D eigenvalue weighted by Gasteiger charge is -2.25. The summed E-state index contributed by atoms with van der Waals surface area (Å²) < 4.78 is 19.1. The molecule has 2 N–H and O–H groups in total. The second kappa shape index (κ2) is 2.98. The Hall–Kier alpha value is 0.0700. The molecule has 1 heterocycles. The maximum atomic E-state index is 10.1. The molecule has 10 heavy (non-hydrogen) atoms. The first-order valence-electron chi connectivity index (χ1n) is 2.86.